The lowest BCUT2D eigenvalue weighted by molar-refractivity contribution is -0.122. The molecule has 0 bridgehead atoms. The van der Waals surface area contributed by atoms with E-state index in [9.17, 15) is 4.79 Å². The van der Waals surface area contributed by atoms with Gasteiger partial charge in [-0.25, -0.2) is 0 Å². The average molecular weight is 327 g/mol. The number of ether oxygens (including phenoxy) is 2. The molecule has 24 heavy (non-hydrogen) atoms. The van der Waals surface area contributed by atoms with Gasteiger partial charge in [0.15, 0.2) is 0 Å². The maximum Gasteiger partial charge on any atom is 0.223 e. The Morgan fingerprint density at radius 2 is 1.67 bits per heavy atom. The van der Waals surface area contributed by atoms with E-state index in [1.54, 1.807) is 7.11 Å². The van der Waals surface area contributed by atoms with Gasteiger partial charge in [-0.1, -0.05) is 44.2 Å². The molecule has 0 heterocycles. The number of carbonyl (C=O) groups is 1. The topological polar surface area (TPSA) is 47.6 Å². The molecule has 4 heteroatoms. The van der Waals surface area contributed by atoms with Crippen LogP contribution in [0.3, 0.4) is 0 Å². The van der Waals surface area contributed by atoms with E-state index >= 15 is 0 Å². The standard InChI is InChI=1S/C20H25NO3/c1-15(2)20(16-9-11-17(23-3)12-10-16)21-19(22)13-14-24-18-7-5-4-6-8-18/h4-12,15,20H,13-14H2,1-3H3,(H,21,22). The van der Waals surface area contributed by atoms with E-state index in [1.165, 1.54) is 0 Å². The number of para-hydroxylation sites is 1. The third-order valence-corrected chi connectivity index (χ3v) is 3.80. The molecule has 1 unspecified atom stereocenters. The van der Waals surface area contributed by atoms with Gasteiger partial charge in [0.25, 0.3) is 0 Å². The lowest BCUT2D eigenvalue weighted by Gasteiger charge is -2.23. The van der Waals surface area contributed by atoms with Crippen molar-refractivity contribution in [2.24, 2.45) is 5.92 Å². The minimum absolute atomic E-state index is 0.0135. The van der Waals surface area contributed by atoms with Crippen molar-refractivity contribution in [2.45, 2.75) is 26.3 Å². The molecule has 0 spiro atoms. The SMILES string of the molecule is COc1ccc(C(NC(=O)CCOc2ccccc2)C(C)C)cc1. The Morgan fingerprint density at radius 3 is 2.25 bits per heavy atom. The van der Waals surface area contributed by atoms with Crippen LogP contribution in [0.5, 0.6) is 11.5 Å². The van der Waals surface area contributed by atoms with Crippen LogP contribution in [-0.2, 0) is 4.79 Å². The first-order valence-corrected chi connectivity index (χ1v) is 8.21. The highest BCUT2D eigenvalue weighted by Gasteiger charge is 2.18. The second-order valence-electron chi connectivity index (χ2n) is 5.97. The van der Waals surface area contributed by atoms with Gasteiger partial charge in [-0.15, -0.1) is 0 Å². The summed E-state index contributed by atoms with van der Waals surface area (Å²) in [6.07, 6.45) is 0.328. The zero-order valence-electron chi connectivity index (χ0n) is 14.5. The van der Waals surface area contributed by atoms with Crippen molar-refractivity contribution in [2.75, 3.05) is 13.7 Å². The highest BCUT2D eigenvalue weighted by molar-refractivity contribution is 5.76. The largest absolute Gasteiger partial charge is 0.497 e. The van der Waals surface area contributed by atoms with E-state index in [0.717, 1.165) is 17.1 Å². The number of hydrogen-bond acceptors (Lipinski definition) is 3. The van der Waals surface area contributed by atoms with Crippen molar-refractivity contribution in [1.82, 2.24) is 5.32 Å². The van der Waals surface area contributed by atoms with Gasteiger partial charge in [-0.05, 0) is 35.7 Å². The van der Waals surface area contributed by atoms with Gasteiger partial charge in [0.2, 0.25) is 5.91 Å². The average Bonchev–Trinajstić information content (AvgIpc) is 2.60. The smallest absolute Gasteiger partial charge is 0.223 e. The molecule has 1 N–H and O–H groups in total. The van der Waals surface area contributed by atoms with Crippen LogP contribution < -0.4 is 14.8 Å². The molecule has 0 aliphatic carbocycles. The van der Waals surface area contributed by atoms with Gasteiger partial charge >= 0.3 is 0 Å². The number of carbonyl (C=O) groups excluding carboxylic acids is 1. The lowest BCUT2D eigenvalue weighted by atomic mass is 9.96. The van der Waals surface area contributed by atoms with Crippen LogP contribution in [0.25, 0.3) is 0 Å². The van der Waals surface area contributed by atoms with E-state index in [2.05, 4.69) is 19.2 Å². The molecule has 2 aromatic rings. The number of hydrogen-bond donors (Lipinski definition) is 1. The van der Waals surface area contributed by atoms with E-state index in [-0.39, 0.29) is 17.9 Å². The Balaban J connectivity index is 1.88. The molecule has 1 atom stereocenters. The normalized spacial score (nSPS) is 11.8. The van der Waals surface area contributed by atoms with Crippen molar-refractivity contribution in [1.29, 1.82) is 0 Å². The van der Waals surface area contributed by atoms with Crippen molar-refractivity contribution < 1.29 is 14.3 Å². The third kappa shape index (κ3) is 5.30. The quantitative estimate of drug-likeness (QED) is 0.798. The number of rotatable bonds is 8. The summed E-state index contributed by atoms with van der Waals surface area (Å²) in [7, 11) is 1.64. The molecule has 0 aromatic heterocycles. The van der Waals surface area contributed by atoms with Gasteiger partial charge in [0.05, 0.1) is 26.2 Å². The Hall–Kier alpha value is -2.49. The lowest BCUT2D eigenvalue weighted by Crippen LogP contribution is -2.32. The first-order valence-electron chi connectivity index (χ1n) is 8.21. The highest BCUT2D eigenvalue weighted by Crippen LogP contribution is 2.24. The van der Waals surface area contributed by atoms with Crippen molar-refractivity contribution in [3.8, 4) is 11.5 Å². The van der Waals surface area contributed by atoms with Crippen LogP contribution >= 0.6 is 0 Å². The van der Waals surface area contributed by atoms with Gasteiger partial charge in [-0.3, -0.25) is 4.79 Å². The molecule has 2 rings (SSSR count). The Bertz CT molecular complexity index is 623. The minimum atomic E-state index is -0.0277. The molecule has 0 aliphatic heterocycles. The van der Waals surface area contributed by atoms with Crippen LogP contribution in [0, 0.1) is 5.92 Å². The van der Waals surface area contributed by atoms with Gasteiger partial charge in [-0.2, -0.15) is 0 Å². The first-order chi connectivity index (χ1) is 11.6. The van der Waals surface area contributed by atoms with Gasteiger partial charge < -0.3 is 14.8 Å². The van der Waals surface area contributed by atoms with E-state index in [4.69, 9.17) is 9.47 Å². The summed E-state index contributed by atoms with van der Waals surface area (Å²) < 4.78 is 10.8. The molecule has 1 amide bonds. The minimum Gasteiger partial charge on any atom is -0.497 e. The summed E-state index contributed by atoms with van der Waals surface area (Å²) >= 11 is 0. The summed E-state index contributed by atoms with van der Waals surface area (Å²) in [5.41, 5.74) is 1.07. The predicted octanol–water partition coefficient (Wildman–Crippen LogP) is 3.98. The molecule has 0 saturated heterocycles. The fraction of sp³-hybridized carbons (Fsp3) is 0.350. The van der Waals surface area contributed by atoms with E-state index in [0.29, 0.717) is 13.0 Å². The fourth-order valence-corrected chi connectivity index (χ4v) is 2.47. The third-order valence-electron chi connectivity index (χ3n) is 3.80. The molecule has 2 aromatic carbocycles. The fourth-order valence-electron chi connectivity index (χ4n) is 2.47. The van der Waals surface area contributed by atoms with Crippen LogP contribution in [0.1, 0.15) is 31.9 Å². The maximum absolute atomic E-state index is 12.2. The summed E-state index contributed by atoms with van der Waals surface area (Å²) in [6, 6.07) is 17.3. The Morgan fingerprint density at radius 1 is 1.00 bits per heavy atom. The summed E-state index contributed by atoms with van der Waals surface area (Å²) in [5.74, 6) is 1.86. The molecule has 4 nitrogen and oxygen atoms in total. The molecule has 0 saturated carbocycles. The van der Waals surface area contributed by atoms with Crippen LogP contribution in [0.4, 0.5) is 0 Å². The highest BCUT2D eigenvalue weighted by atomic mass is 16.5. The number of nitrogens with one attached hydrogen (secondary N) is 1. The maximum atomic E-state index is 12.2. The monoisotopic (exact) mass is 327 g/mol. The summed E-state index contributed by atoms with van der Waals surface area (Å²) in [4.78, 5) is 12.2. The van der Waals surface area contributed by atoms with Gasteiger partial charge in [0.1, 0.15) is 11.5 Å². The molecule has 0 fully saturated rings. The van der Waals surface area contributed by atoms with Gasteiger partial charge in [0, 0.05) is 0 Å². The zero-order valence-corrected chi connectivity index (χ0v) is 14.5. The van der Waals surface area contributed by atoms with Crippen molar-refractivity contribution >= 4 is 5.91 Å². The number of amides is 1. The molecule has 128 valence electrons. The van der Waals surface area contributed by atoms with Crippen molar-refractivity contribution in [3.05, 3.63) is 60.2 Å². The van der Waals surface area contributed by atoms with E-state index < -0.39 is 0 Å². The molecular weight excluding hydrogens is 302 g/mol. The second-order valence-corrected chi connectivity index (χ2v) is 5.97. The number of methoxy groups -OCH3 is 1. The summed E-state index contributed by atoms with van der Waals surface area (Å²) in [6.45, 7) is 4.55. The summed E-state index contributed by atoms with van der Waals surface area (Å²) in [5, 5.41) is 3.10. The van der Waals surface area contributed by atoms with Crippen LogP contribution in [0.15, 0.2) is 54.6 Å². The van der Waals surface area contributed by atoms with E-state index in [1.807, 2.05) is 54.6 Å². The van der Waals surface area contributed by atoms with Crippen LogP contribution in [0.2, 0.25) is 0 Å². The number of benzene rings is 2. The first kappa shape index (κ1) is 17.9. The molecule has 0 aliphatic rings. The zero-order chi connectivity index (χ0) is 17.4. The van der Waals surface area contributed by atoms with Crippen LogP contribution in [-0.4, -0.2) is 19.6 Å². The Kier molecular flexibility index (Phi) is 6.67. The molecule has 0 radical (unpaired) electrons. The Labute approximate surface area is 143 Å². The molecular formula is C20H25NO3. The van der Waals surface area contributed by atoms with Crippen molar-refractivity contribution in [3.63, 3.8) is 0 Å². The second kappa shape index (κ2) is 8.96. The predicted molar refractivity (Wildman–Crippen MR) is 95.3 cm³/mol.